The molecule has 0 saturated carbocycles. The summed E-state index contributed by atoms with van der Waals surface area (Å²) in [6.45, 7) is 6.36. The lowest BCUT2D eigenvalue weighted by atomic mass is 10.2. The molecule has 0 saturated heterocycles. The third-order valence-corrected chi connectivity index (χ3v) is 3.36. The van der Waals surface area contributed by atoms with E-state index in [-0.39, 0.29) is 12.2 Å². The van der Waals surface area contributed by atoms with Gasteiger partial charge in [-0.2, -0.15) is 10.2 Å². The lowest BCUT2D eigenvalue weighted by Crippen LogP contribution is -2.23. The van der Waals surface area contributed by atoms with Gasteiger partial charge >= 0.3 is 5.69 Å². The predicted octanol–water partition coefficient (Wildman–Crippen LogP) is 0.974. The second-order valence-electron chi connectivity index (χ2n) is 4.81. The van der Waals surface area contributed by atoms with E-state index in [2.05, 4.69) is 10.2 Å². The minimum absolute atomic E-state index is 0.0841. The molecule has 2 rings (SSSR count). The molecule has 0 aliphatic heterocycles. The molecule has 2 aromatic rings. The first-order chi connectivity index (χ1) is 9.38. The van der Waals surface area contributed by atoms with Gasteiger partial charge in [-0.25, -0.2) is 0 Å². The van der Waals surface area contributed by atoms with E-state index in [0.29, 0.717) is 6.54 Å². The lowest BCUT2D eigenvalue weighted by Gasteiger charge is -2.12. The molecule has 0 aromatic carbocycles. The quantitative estimate of drug-likeness (QED) is 0.649. The summed E-state index contributed by atoms with van der Waals surface area (Å²) in [7, 11) is 0. The Morgan fingerprint density at radius 2 is 2.10 bits per heavy atom. The second-order valence-corrected chi connectivity index (χ2v) is 4.81. The van der Waals surface area contributed by atoms with Crippen LogP contribution in [0, 0.1) is 30.9 Å². The van der Waals surface area contributed by atoms with Crippen LogP contribution in [0.3, 0.4) is 0 Å². The molecule has 1 N–H and O–H groups in total. The topological polar surface area (TPSA) is 99.0 Å². The molecule has 2 aromatic heterocycles. The molecule has 1 atom stereocenters. The smallest absolute Gasteiger partial charge is 0.306 e. The van der Waals surface area contributed by atoms with Crippen LogP contribution in [0.4, 0.5) is 5.69 Å². The van der Waals surface area contributed by atoms with Crippen LogP contribution in [0.1, 0.15) is 17.0 Å². The van der Waals surface area contributed by atoms with Crippen molar-refractivity contribution in [2.75, 3.05) is 0 Å². The minimum atomic E-state index is -0.716. The van der Waals surface area contributed by atoms with Gasteiger partial charge in [0, 0.05) is 5.69 Å². The van der Waals surface area contributed by atoms with Crippen molar-refractivity contribution in [3.8, 4) is 0 Å². The summed E-state index contributed by atoms with van der Waals surface area (Å²) in [5, 5.41) is 28.8. The molecular weight excluding hydrogens is 262 g/mol. The first kappa shape index (κ1) is 14.2. The van der Waals surface area contributed by atoms with Gasteiger partial charge in [0.15, 0.2) is 0 Å². The summed E-state index contributed by atoms with van der Waals surface area (Å²) < 4.78 is 3.11. The Bertz CT molecular complexity index is 631. The standard InChI is InChI=1S/C12H17N5O3/c1-8-9(2)14-16(10(8)3)7-12(18)6-15-5-11(4-13-15)17(19)20/h4-5,12,18H,6-7H2,1-3H3/t12-/m0/s1. The number of aromatic nitrogens is 4. The van der Waals surface area contributed by atoms with Crippen LogP contribution in [-0.2, 0) is 13.1 Å². The zero-order valence-electron chi connectivity index (χ0n) is 11.6. The molecular formula is C12H17N5O3. The Kier molecular flexibility index (Phi) is 3.84. The van der Waals surface area contributed by atoms with Gasteiger partial charge in [-0.3, -0.25) is 19.5 Å². The van der Waals surface area contributed by atoms with Gasteiger partial charge in [-0.1, -0.05) is 0 Å². The number of hydrogen-bond donors (Lipinski definition) is 1. The van der Waals surface area contributed by atoms with Crippen LogP contribution in [0.25, 0.3) is 0 Å². The summed E-state index contributed by atoms with van der Waals surface area (Å²) >= 11 is 0. The fourth-order valence-electron chi connectivity index (χ4n) is 1.98. The summed E-state index contributed by atoms with van der Waals surface area (Å²) in [5.74, 6) is 0. The summed E-state index contributed by atoms with van der Waals surface area (Å²) in [5.41, 5.74) is 2.96. The number of aliphatic hydroxyl groups excluding tert-OH is 1. The maximum absolute atomic E-state index is 10.6. The fraction of sp³-hybridized carbons (Fsp3) is 0.500. The average Bonchev–Trinajstić information content (AvgIpc) is 2.92. The molecule has 108 valence electrons. The molecule has 0 amide bonds. The number of aryl methyl sites for hydroxylation is 1. The van der Waals surface area contributed by atoms with Gasteiger partial charge in [0.05, 0.1) is 29.8 Å². The number of nitrogens with zero attached hydrogens (tertiary/aromatic N) is 5. The van der Waals surface area contributed by atoms with Gasteiger partial charge in [0.1, 0.15) is 12.4 Å². The number of aliphatic hydroxyl groups is 1. The van der Waals surface area contributed by atoms with E-state index in [0.717, 1.165) is 17.0 Å². The van der Waals surface area contributed by atoms with Crippen molar-refractivity contribution >= 4 is 5.69 Å². The third kappa shape index (κ3) is 2.85. The molecule has 8 nitrogen and oxygen atoms in total. The molecule has 0 aliphatic carbocycles. The Balaban J connectivity index is 2.02. The van der Waals surface area contributed by atoms with Crippen LogP contribution in [0.5, 0.6) is 0 Å². The molecule has 20 heavy (non-hydrogen) atoms. The van der Waals surface area contributed by atoms with Crippen molar-refractivity contribution in [2.45, 2.75) is 40.0 Å². The maximum Gasteiger partial charge on any atom is 0.306 e. The van der Waals surface area contributed by atoms with Gasteiger partial charge in [-0.05, 0) is 26.3 Å². The monoisotopic (exact) mass is 279 g/mol. The van der Waals surface area contributed by atoms with Crippen LogP contribution >= 0.6 is 0 Å². The minimum Gasteiger partial charge on any atom is -0.389 e. The van der Waals surface area contributed by atoms with Crippen LogP contribution < -0.4 is 0 Å². The van der Waals surface area contributed by atoms with Gasteiger partial charge < -0.3 is 5.11 Å². The molecule has 0 bridgehead atoms. The van der Waals surface area contributed by atoms with Crippen LogP contribution in [0.15, 0.2) is 12.4 Å². The second kappa shape index (κ2) is 5.41. The Morgan fingerprint density at radius 1 is 1.40 bits per heavy atom. The number of nitro groups is 1. The maximum atomic E-state index is 10.6. The number of rotatable bonds is 5. The molecule has 0 radical (unpaired) electrons. The molecule has 0 unspecified atom stereocenters. The Labute approximate surface area is 115 Å². The van der Waals surface area contributed by atoms with E-state index in [4.69, 9.17) is 0 Å². The average molecular weight is 279 g/mol. The normalized spacial score (nSPS) is 12.6. The van der Waals surface area contributed by atoms with Crippen molar-refractivity contribution in [2.24, 2.45) is 0 Å². The molecule has 2 heterocycles. The zero-order chi connectivity index (χ0) is 14.9. The lowest BCUT2D eigenvalue weighted by molar-refractivity contribution is -0.385. The van der Waals surface area contributed by atoms with Crippen LogP contribution in [-0.4, -0.2) is 35.7 Å². The highest BCUT2D eigenvalue weighted by molar-refractivity contribution is 5.22. The fourth-order valence-corrected chi connectivity index (χ4v) is 1.98. The largest absolute Gasteiger partial charge is 0.389 e. The van der Waals surface area contributed by atoms with Crippen molar-refractivity contribution in [1.29, 1.82) is 0 Å². The van der Waals surface area contributed by atoms with Crippen molar-refractivity contribution in [3.05, 3.63) is 39.5 Å². The Hall–Kier alpha value is -2.22. The molecule has 0 spiro atoms. The van der Waals surface area contributed by atoms with E-state index >= 15 is 0 Å². The van der Waals surface area contributed by atoms with Crippen molar-refractivity contribution in [1.82, 2.24) is 19.6 Å². The van der Waals surface area contributed by atoms with Crippen molar-refractivity contribution < 1.29 is 10.0 Å². The van der Waals surface area contributed by atoms with Gasteiger partial charge in [0.25, 0.3) is 0 Å². The predicted molar refractivity (Wildman–Crippen MR) is 71.3 cm³/mol. The third-order valence-electron chi connectivity index (χ3n) is 3.36. The van der Waals surface area contributed by atoms with Crippen LogP contribution in [0.2, 0.25) is 0 Å². The highest BCUT2D eigenvalue weighted by atomic mass is 16.6. The highest BCUT2D eigenvalue weighted by Gasteiger charge is 2.14. The first-order valence-electron chi connectivity index (χ1n) is 6.24. The van der Waals surface area contributed by atoms with Gasteiger partial charge in [0.2, 0.25) is 0 Å². The molecule has 0 fully saturated rings. The summed E-state index contributed by atoms with van der Waals surface area (Å²) in [6.07, 6.45) is 1.75. The van der Waals surface area contributed by atoms with Gasteiger partial charge in [-0.15, -0.1) is 0 Å². The summed E-state index contributed by atoms with van der Waals surface area (Å²) in [6, 6.07) is 0. The first-order valence-corrected chi connectivity index (χ1v) is 6.24. The van der Waals surface area contributed by atoms with E-state index in [1.807, 2.05) is 20.8 Å². The van der Waals surface area contributed by atoms with E-state index in [1.165, 1.54) is 17.1 Å². The Morgan fingerprint density at radius 3 is 2.60 bits per heavy atom. The molecule has 8 heteroatoms. The summed E-state index contributed by atoms with van der Waals surface area (Å²) in [4.78, 5) is 10.0. The van der Waals surface area contributed by atoms with Crippen molar-refractivity contribution in [3.63, 3.8) is 0 Å². The SMILES string of the molecule is Cc1nn(C[C@@H](O)Cn2cc([N+](=O)[O-])cn2)c(C)c1C. The number of hydrogen-bond acceptors (Lipinski definition) is 5. The van der Waals surface area contributed by atoms with E-state index in [1.54, 1.807) is 4.68 Å². The highest BCUT2D eigenvalue weighted by Crippen LogP contribution is 2.12. The zero-order valence-corrected chi connectivity index (χ0v) is 11.6. The van der Waals surface area contributed by atoms with E-state index in [9.17, 15) is 15.2 Å². The van der Waals surface area contributed by atoms with E-state index < -0.39 is 11.0 Å². The molecule has 0 aliphatic rings.